The van der Waals surface area contributed by atoms with Crippen molar-refractivity contribution in [2.75, 3.05) is 36.4 Å². The quantitative estimate of drug-likeness (QED) is 0.158. The van der Waals surface area contributed by atoms with Gasteiger partial charge in [0.05, 0.1) is 23.7 Å². The summed E-state index contributed by atoms with van der Waals surface area (Å²) >= 11 is 0. The fourth-order valence-electron chi connectivity index (χ4n) is 4.21. The Morgan fingerprint density at radius 3 is 2.79 bits per heavy atom. The third-order valence-electron chi connectivity index (χ3n) is 5.80. The van der Waals surface area contributed by atoms with Gasteiger partial charge in [-0.1, -0.05) is 6.07 Å². The molecule has 1 atom stereocenters. The second-order valence-corrected chi connectivity index (χ2v) is 10.2. The first-order chi connectivity index (χ1) is 15.7. The first-order valence-corrected chi connectivity index (χ1v) is 12.9. The lowest BCUT2D eigenvalue weighted by Gasteiger charge is -2.15. The summed E-state index contributed by atoms with van der Waals surface area (Å²) in [5.41, 5.74) is 11.0. The SMILES string of the molecule is CS(=O)(=O)Nc1cc(C(O)CNCCOc2cc3[nH]c4c(c3cc2N)CCCC4)ccc1O. The van der Waals surface area contributed by atoms with E-state index in [1.165, 1.54) is 47.7 Å². The molecule has 4 rings (SSSR count). The number of anilines is 2. The molecule has 1 aliphatic rings. The van der Waals surface area contributed by atoms with Crippen LogP contribution >= 0.6 is 0 Å². The minimum Gasteiger partial charge on any atom is -0.506 e. The number of phenolic OH excluding ortho intramolecular Hbond substituents is 1. The Morgan fingerprint density at radius 1 is 1.21 bits per heavy atom. The van der Waals surface area contributed by atoms with Gasteiger partial charge >= 0.3 is 0 Å². The molecule has 0 aliphatic heterocycles. The monoisotopic (exact) mass is 474 g/mol. The van der Waals surface area contributed by atoms with Gasteiger partial charge < -0.3 is 31.0 Å². The van der Waals surface area contributed by atoms with E-state index < -0.39 is 16.1 Å². The number of fused-ring (bicyclic) bond motifs is 3. The molecule has 3 aromatic rings. The molecule has 0 saturated heterocycles. The van der Waals surface area contributed by atoms with Crippen molar-refractivity contribution in [2.45, 2.75) is 31.8 Å². The molecule has 0 spiro atoms. The van der Waals surface area contributed by atoms with Gasteiger partial charge in [0.1, 0.15) is 18.1 Å². The molecule has 1 unspecified atom stereocenters. The molecule has 9 nitrogen and oxygen atoms in total. The van der Waals surface area contributed by atoms with Crippen LogP contribution in [0.2, 0.25) is 0 Å². The van der Waals surface area contributed by atoms with Crippen molar-refractivity contribution in [3.63, 3.8) is 0 Å². The lowest BCUT2D eigenvalue weighted by Crippen LogP contribution is -2.26. The summed E-state index contributed by atoms with van der Waals surface area (Å²) in [5, 5.41) is 24.5. The summed E-state index contributed by atoms with van der Waals surface area (Å²) in [4.78, 5) is 3.50. The molecule has 0 bridgehead atoms. The third kappa shape index (κ3) is 5.52. The van der Waals surface area contributed by atoms with E-state index in [4.69, 9.17) is 10.5 Å². The van der Waals surface area contributed by atoms with E-state index in [1.807, 2.05) is 12.1 Å². The van der Waals surface area contributed by atoms with E-state index in [-0.39, 0.29) is 18.0 Å². The number of benzene rings is 2. The Labute approximate surface area is 193 Å². The van der Waals surface area contributed by atoms with Gasteiger partial charge in [-0.2, -0.15) is 0 Å². The molecular formula is C23H30N4O5S. The zero-order chi connectivity index (χ0) is 23.6. The summed E-state index contributed by atoms with van der Waals surface area (Å²) in [7, 11) is -3.55. The van der Waals surface area contributed by atoms with E-state index in [0.717, 1.165) is 24.6 Å². The van der Waals surface area contributed by atoms with E-state index in [0.29, 0.717) is 30.2 Å². The average molecular weight is 475 g/mol. The number of nitrogen functional groups attached to an aromatic ring is 1. The number of aryl methyl sites for hydroxylation is 2. The highest BCUT2D eigenvalue weighted by Gasteiger charge is 2.17. The number of aromatic hydroxyl groups is 1. The number of ether oxygens (including phenoxy) is 1. The topological polar surface area (TPSA) is 150 Å². The van der Waals surface area contributed by atoms with Crippen LogP contribution in [0.25, 0.3) is 10.9 Å². The predicted molar refractivity (Wildman–Crippen MR) is 129 cm³/mol. The molecule has 178 valence electrons. The average Bonchev–Trinajstić information content (AvgIpc) is 3.11. The van der Waals surface area contributed by atoms with E-state index in [1.54, 1.807) is 0 Å². The zero-order valence-electron chi connectivity index (χ0n) is 18.5. The molecule has 7 N–H and O–H groups in total. The summed E-state index contributed by atoms with van der Waals surface area (Å²) in [6.45, 7) is 1.06. The van der Waals surface area contributed by atoms with Crippen LogP contribution in [-0.4, -0.2) is 49.6 Å². The number of hydrogen-bond donors (Lipinski definition) is 6. The zero-order valence-corrected chi connectivity index (χ0v) is 19.3. The molecule has 1 aliphatic carbocycles. The van der Waals surface area contributed by atoms with Crippen LogP contribution in [0.3, 0.4) is 0 Å². The first kappa shape index (κ1) is 23.2. The fourth-order valence-corrected chi connectivity index (χ4v) is 4.77. The molecule has 0 saturated carbocycles. The maximum Gasteiger partial charge on any atom is 0.229 e. The standard InChI is InChI=1S/C23H30N4O5S/c1-33(30,31)27-20-10-14(6-7-21(20)28)22(29)13-25-8-9-32-23-12-19-16(11-17(23)24)15-4-2-3-5-18(15)26-19/h6-7,10-12,22,25-29H,2-5,8-9,13,24H2,1H3. The largest absolute Gasteiger partial charge is 0.506 e. The van der Waals surface area contributed by atoms with Gasteiger partial charge in [0.15, 0.2) is 0 Å². The van der Waals surface area contributed by atoms with Crippen LogP contribution in [0, 0.1) is 0 Å². The maximum atomic E-state index is 11.4. The number of rotatable bonds is 9. The van der Waals surface area contributed by atoms with Gasteiger partial charge in [-0.05, 0) is 55.0 Å². The molecule has 0 fully saturated rings. The summed E-state index contributed by atoms with van der Waals surface area (Å²) in [6.07, 6.45) is 4.65. The van der Waals surface area contributed by atoms with Gasteiger partial charge in [-0.25, -0.2) is 8.42 Å². The molecule has 33 heavy (non-hydrogen) atoms. The van der Waals surface area contributed by atoms with Crippen molar-refractivity contribution < 1.29 is 23.4 Å². The molecule has 1 heterocycles. The molecule has 2 aromatic carbocycles. The van der Waals surface area contributed by atoms with Crippen LogP contribution in [0.4, 0.5) is 11.4 Å². The van der Waals surface area contributed by atoms with E-state index in [9.17, 15) is 18.6 Å². The lowest BCUT2D eigenvalue weighted by molar-refractivity contribution is 0.172. The number of aromatic nitrogens is 1. The molecule has 10 heteroatoms. The van der Waals surface area contributed by atoms with Crippen molar-refractivity contribution in [3.05, 3.63) is 47.2 Å². The van der Waals surface area contributed by atoms with Crippen molar-refractivity contribution in [1.82, 2.24) is 10.3 Å². The van der Waals surface area contributed by atoms with Crippen molar-refractivity contribution >= 4 is 32.3 Å². The van der Waals surface area contributed by atoms with Crippen molar-refractivity contribution in [1.29, 1.82) is 0 Å². The number of nitrogens with one attached hydrogen (secondary N) is 3. The summed E-state index contributed by atoms with van der Waals surface area (Å²) in [6, 6.07) is 8.22. The number of hydrogen-bond acceptors (Lipinski definition) is 7. The highest BCUT2D eigenvalue weighted by atomic mass is 32.2. The predicted octanol–water partition coefficient (Wildman–Crippen LogP) is 2.41. The minimum absolute atomic E-state index is 0.0225. The van der Waals surface area contributed by atoms with Gasteiger partial charge in [0.2, 0.25) is 10.0 Å². The minimum atomic E-state index is -3.55. The second-order valence-electron chi connectivity index (χ2n) is 8.44. The second kappa shape index (κ2) is 9.50. The summed E-state index contributed by atoms with van der Waals surface area (Å²) < 4.78 is 30.9. The molecule has 0 radical (unpaired) electrons. The normalized spacial score (nSPS) is 14.7. The number of aromatic amines is 1. The molecular weight excluding hydrogens is 444 g/mol. The van der Waals surface area contributed by atoms with Crippen LogP contribution < -0.4 is 20.5 Å². The van der Waals surface area contributed by atoms with E-state index >= 15 is 0 Å². The van der Waals surface area contributed by atoms with Crippen molar-refractivity contribution in [2.24, 2.45) is 0 Å². The molecule has 1 aromatic heterocycles. The third-order valence-corrected chi connectivity index (χ3v) is 6.39. The van der Waals surface area contributed by atoms with Crippen LogP contribution in [0.15, 0.2) is 30.3 Å². The van der Waals surface area contributed by atoms with Crippen LogP contribution in [-0.2, 0) is 22.9 Å². The Hall–Kier alpha value is -2.95. The Bertz CT molecular complexity index is 1260. The van der Waals surface area contributed by atoms with Gasteiger partial charge in [0.25, 0.3) is 0 Å². The van der Waals surface area contributed by atoms with Crippen LogP contribution in [0.1, 0.15) is 35.8 Å². The number of aliphatic hydroxyl groups is 1. The van der Waals surface area contributed by atoms with Crippen LogP contribution in [0.5, 0.6) is 11.5 Å². The first-order valence-electron chi connectivity index (χ1n) is 11.0. The number of sulfonamides is 1. The summed E-state index contributed by atoms with van der Waals surface area (Å²) in [5.74, 6) is 0.411. The lowest BCUT2D eigenvalue weighted by atomic mass is 9.95. The highest BCUT2D eigenvalue weighted by molar-refractivity contribution is 7.92. The van der Waals surface area contributed by atoms with E-state index in [2.05, 4.69) is 15.0 Å². The number of H-pyrrole nitrogens is 1. The Morgan fingerprint density at radius 2 is 2.00 bits per heavy atom. The molecule has 0 amide bonds. The fraction of sp³-hybridized carbons (Fsp3) is 0.391. The van der Waals surface area contributed by atoms with Crippen molar-refractivity contribution in [3.8, 4) is 11.5 Å². The smallest absolute Gasteiger partial charge is 0.229 e. The maximum absolute atomic E-state index is 11.4. The number of aliphatic hydroxyl groups excluding tert-OH is 1. The Balaban J connectivity index is 1.30. The van der Waals surface area contributed by atoms with Gasteiger partial charge in [0, 0.05) is 35.8 Å². The van der Waals surface area contributed by atoms with Gasteiger partial charge in [-0.3, -0.25) is 4.72 Å². The Kier molecular flexibility index (Phi) is 6.68. The number of phenols is 1. The highest BCUT2D eigenvalue weighted by Crippen LogP contribution is 2.34. The van der Waals surface area contributed by atoms with Gasteiger partial charge in [-0.15, -0.1) is 0 Å². The number of nitrogens with two attached hydrogens (primary N) is 1.